The van der Waals surface area contributed by atoms with Crippen LogP contribution in [0.15, 0.2) is 47.4 Å². The molecule has 2 aromatic carbocycles. The van der Waals surface area contributed by atoms with Gasteiger partial charge < -0.3 is 5.73 Å². The van der Waals surface area contributed by atoms with E-state index in [1.165, 1.54) is 12.1 Å². The molecule has 21 heavy (non-hydrogen) atoms. The Morgan fingerprint density at radius 3 is 2.33 bits per heavy atom. The summed E-state index contributed by atoms with van der Waals surface area (Å²) in [7, 11) is -3.66. The highest BCUT2D eigenvalue weighted by molar-refractivity contribution is 7.89. The van der Waals surface area contributed by atoms with Gasteiger partial charge in [-0.3, -0.25) is 0 Å². The van der Waals surface area contributed by atoms with Gasteiger partial charge in [-0.05, 0) is 29.3 Å². The Hall–Kier alpha value is -1.11. The minimum Gasteiger partial charge on any atom is -0.326 e. The van der Waals surface area contributed by atoms with Crippen LogP contribution in [-0.4, -0.2) is 8.42 Å². The number of rotatable bonds is 5. The summed E-state index contributed by atoms with van der Waals surface area (Å²) in [5.41, 5.74) is 6.89. The van der Waals surface area contributed by atoms with Gasteiger partial charge in [0.05, 0.1) is 4.90 Å². The first-order chi connectivity index (χ1) is 9.94. The maximum atomic E-state index is 12.2. The molecule has 0 aliphatic heterocycles. The molecule has 0 bridgehead atoms. The van der Waals surface area contributed by atoms with Gasteiger partial charge in [0.1, 0.15) is 0 Å². The minimum absolute atomic E-state index is 0.0942. The van der Waals surface area contributed by atoms with Crippen LogP contribution < -0.4 is 10.5 Å². The van der Waals surface area contributed by atoms with E-state index in [-0.39, 0.29) is 18.0 Å². The molecule has 0 unspecified atom stereocenters. The zero-order valence-electron chi connectivity index (χ0n) is 11.0. The van der Waals surface area contributed by atoms with Crippen LogP contribution >= 0.6 is 23.2 Å². The van der Waals surface area contributed by atoms with Gasteiger partial charge in [0.2, 0.25) is 10.0 Å². The Kier molecular flexibility index (Phi) is 5.24. The van der Waals surface area contributed by atoms with Crippen LogP contribution in [0.1, 0.15) is 11.1 Å². The van der Waals surface area contributed by atoms with E-state index in [4.69, 9.17) is 28.9 Å². The molecule has 4 nitrogen and oxygen atoms in total. The highest BCUT2D eigenvalue weighted by Gasteiger charge is 2.15. The molecule has 0 radical (unpaired) electrons. The molecule has 0 aliphatic rings. The van der Waals surface area contributed by atoms with Crippen LogP contribution in [0.4, 0.5) is 0 Å². The Morgan fingerprint density at radius 1 is 1.00 bits per heavy atom. The highest BCUT2D eigenvalue weighted by Crippen LogP contribution is 2.21. The Morgan fingerprint density at radius 2 is 1.71 bits per heavy atom. The normalized spacial score (nSPS) is 11.6. The average molecular weight is 345 g/mol. The third kappa shape index (κ3) is 3.96. The van der Waals surface area contributed by atoms with Crippen molar-refractivity contribution in [3.8, 4) is 0 Å². The fraction of sp³-hybridized carbons (Fsp3) is 0.143. The van der Waals surface area contributed by atoms with Crippen molar-refractivity contribution in [3.05, 3.63) is 63.6 Å². The van der Waals surface area contributed by atoms with E-state index >= 15 is 0 Å². The van der Waals surface area contributed by atoms with E-state index in [9.17, 15) is 8.42 Å². The second-order valence-electron chi connectivity index (χ2n) is 4.37. The lowest BCUT2D eigenvalue weighted by Gasteiger charge is -2.09. The fourth-order valence-electron chi connectivity index (χ4n) is 1.76. The van der Waals surface area contributed by atoms with Crippen molar-refractivity contribution in [2.24, 2.45) is 5.73 Å². The highest BCUT2D eigenvalue weighted by atomic mass is 35.5. The summed E-state index contributed by atoms with van der Waals surface area (Å²) in [6, 6.07) is 11.5. The number of halogens is 2. The second-order valence-corrected chi connectivity index (χ2v) is 6.95. The van der Waals surface area contributed by atoms with Crippen LogP contribution in [-0.2, 0) is 23.1 Å². The molecule has 0 aromatic heterocycles. The Labute approximate surface area is 133 Å². The van der Waals surface area contributed by atoms with Crippen molar-refractivity contribution in [2.75, 3.05) is 0 Å². The maximum Gasteiger partial charge on any atom is 0.240 e. The number of benzene rings is 2. The summed E-state index contributed by atoms with van der Waals surface area (Å²) in [6.07, 6.45) is 0. The minimum atomic E-state index is -3.66. The number of hydrogen-bond acceptors (Lipinski definition) is 3. The summed E-state index contributed by atoms with van der Waals surface area (Å²) >= 11 is 12.0. The van der Waals surface area contributed by atoms with E-state index in [0.717, 1.165) is 0 Å². The van der Waals surface area contributed by atoms with Crippen LogP contribution in [0.2, 0.25) is 10.0 Å². The van der Waals surface area contributed by atoms with Crippen molar-refractivity contribution in [1.82, 2.24) is 4.72 Å². The van der Waals surface area contributed by atoms with Crippen molar-refractivity contribution in [1.29, 1.82) is 0 Å². The predicted molar refractivity (Wildman–Crippen MR) is 84.8 cm³/mol. The number of sulfonamides is 1. The predicted octanol–water partition coefficient (Wildman–Crippen LogP) is 2.93. The lowest BCUT2D eigenvalue weighted by atomic mass is 10.2. The molecule has 0 amide bonds. The average Bonchev–Trinajstić information content (AvgIpc) is 2.46. The van der Waals surface area contributed by atoms with E-state index in [1.54, 1.807) is 30.3 Å². The Balaban J connectivity index is 2.19. The van der Waals surface area contributed by atoms with Gasteiger partial charge in [0.25, 0.3) is 0 Å². The van der Waals surface area contributed by atoms with E-state index < -0.39 is 10.0 Å². The SMILES string of the molecule is NCc1ccc(S(=O)(=O)NCc2ccccc2Cl)cc1Cl. The molecule has 0 fully saturated rings. The summed E-state index contributed by atoms with van der Waals surface area (Å²) in [4.78, 5) is 0.0942. The molecule has 2 aromatic rings. The summed E-state index contributed by atoms with van der Waals surface area (Å²) in [5, 5.41) is 0.842. The van der Waals surface area contributed by atoms with Crippen LogP contribution in [0.5, 0.6) is 0 Å². The van der Waals surface area contributed by atoms with E-state index in [2.05, 4.69) is 4.72 Å². The standard InChI is InChI=1S/C14H14Cl2N2O2S/c15-13-4-2-1-3-11(13)9-18-21(19,20)12-6-5-10(8-17)14(16)7-12/h1-7,18H,8-9,17H2. The summed E-state index contributed by atoms with van der Waals surface area (Å²) in [6.45, 7) is 0.366. The van der Waals surface area contributed by atoms with Gasteiger partial charge in [0.15, 0.2) is 0 Å². The van der Waals surface area contributed by atoms with Crippen molar-refractivity contribution < 1.29 is 8.42 Å². The van der Waals surface area contributed by atoms with Gasteiger partial charge in [-0.1, -0.05) is 47.5 Å². The van der Waals surface area contributed by atoms with Crippen molar-refractivity contribution in [2.45, 2.75) is 18.0 Å². The first kappa shape index (κ1) is 16.3. The zero-order valence-corrected chi connectivity index (χ0v) is 13.3. The van der Waals surface area contributed by atoms with Gasteiger partial charge in [-0.25, -0.2) is 13.1 Å². The smallest absolute Gasteiger partial charge is 0.240 e. The van der Waals surface area contributed by atoms with Gasteiger partial charge in [-0.2, -0.15) is 0 Å². The first-order valence-electron chi connectivity index (χ1n) is 6.15. The maximum absolute atomic E-state index is 12.2. The summed E-state index contributed by atoms with van der Waals surface area (Å²) in [5.74, 6) is 0. The first-order valence-corrected chi connectivity index (χ1v) is 8.39. The molecular weight excluding hydrogens is 331 g/mol. The van der Waals surface area contributed by atoms with Crippen molar-refractivity contribution >= 4 is 33.2 Å². The monoisotopic (exact) mass is 344 g/mol. The van der Waals surface area contributed by atoms with Gasteiger partial charge in [0, 0.05) is 23.1 Å². The fourth-order valence-corrected chi connectivity index (χ4v) is 3.32. The number of nitrogens with two attached hydrogens (primary N) is 1. The van der Waals surface area contributed by atoms with Crippen LogP contribution in [0.25, 0.3) is 0 Å². The van der Waals surface area contributed by atoms with E-state index in [1.807, 2.05) is 0 Å². The molecule has 0 aliphatic carbocycles. The molecule has 0 saturated heterocycles. The second kappa shape index (κ2) is 6.77. The molecular formula is C14H14Cl2N2O2S. The quantitative estimate of drug-likeness (QED) is 0.875. The molecule has 112 valence electrons. The molecule has 0 heterocycles. The molecule has 7 heteroatoms. The molecule has 3 N–H and O–H groups in total. The van der Waals surface area contributed by atoms with Gasteiger partial charge >= 0.3 is 0 Å². The topological polar surface area (TPSA) is 72.2 Å². The zero-order chi connectivity index (χ0) is 15.5. The molecule has 2 rings (SSSR count). The number of nitrogens with one attached hydrogen (secondary N) is 1. The molecule has 0 saturated carbocycles. The van der Waals surface area contributed by atoms with Crippen molar-refractivity contribution in [3.63, 3.8) is 0 Å². The lowest BCUT2D eigenvalue weighted by molar-refractivity contribution is 0.581. The largest absolute Gasteiger partial charge is 0.326 e. The lowest BCUT2D eigenvalue weighted by Crippen LogP contribution is -2.23. The van der Waals surface area contributed by atoms with E-state index in [0.29, 0.717) is 21.2 Å². The Bertz CT molecular complexity index is 748. The molecule has 0 atom stereocenters. The summed E-state index contributed by atoms with van der Waals surface area (Å²) < 4.78 is 26.9. The third-order valence-electron chi connectivity index (χ3n) is 2.97. The number of hydrogen-bond donors (Lipinski definition) is 2. The van der Waals surface area contributed by atoms with Gasteiger partial charge in [-0.15, -0.1) is 0 Å². The molecule has 0 spiro atoms. The third-order valence-corrected chi connectivity index (χ3v) is 5.08. The van der Waals surface area contributed by atoms with Crippen LogP contribution in [0.3, 0.4) is 0 Å². The van der Waals surface area contributed by atoms with Crippen LogP contribution in [0, 0.1) is 0 Å².